The molecule has 0 aliphatic heterocycles. The Labute approximate surface area is 160 Å². The molecule has 0 fully saturated rings. The Kier molecular flexibility index (Phi) is 6.02. The van der Waals surface area contributed by atoms with E-state index in [9.17, 15) is 4.79 Å². The lowest BCUT2D eigenvalue weighted by atomic mass is 10.3. The first-order valence-electron chi connectivity index (χ1n) is 7.60. The largest absolute Gasteiger partial charge is 0.325 e. The number of halogens is 2. The van der Waals surface area contributed by atoms with E-state index in [1.807, 2.05) is 48.5 Å². The average Bonchev–Trinajstić information content (AvgIpc) is 3.02. The maximum atomic E-state index is 12.2. The highest BCUT2D eigenvalue weighted by Crippen LogP contribution is 2.33. The molecule has 1 heterocycles. The molecule has 0 radical (unpaired) electrons. The molecule has 25 heavy (non-hydrogen) atoms. The number of para-hydroxylation sites is 1. The Morgan fingerprint density at radius 2 is 1.84 bits per heavy atom. The van der Waals surface area contributed by atoms with Crippen molar-refractivity contribution < 1.29 is 4.79 Å². The van der Waals surface area contributed by atoms with Crippen molar-refractivity contribution in [3.05, 3.63) is 71.0 Å². The molecule has 1 aromatic heterocycles. The summed E-state index contributed by atoms with van der Waals surface area (Å²) in [6.07, 6.45) is 3.56. The number of rotatable bonds is 6. The van der Waals surface area contributed by atoms with Crippen LogP contribution >= 0.6 is 35.0 Å². The second-order valence-electron chi connectivity index (χ2n) is 5.27. The monoisotopic (exact) mass is 391 g/mol. The van der Waals surface area contributed by atoms with Gasteiger partial charge in [-0.2, -0.15) is 5.10 Å². The van der Waals surface area contributed by atoms with Crippen LogP contribution in [0.15, 0.2) is 70.7 Å². The quantitative estimate of drug-likeness (QED) is 0.614. The summed E-state index contributed by atoms with van der Waals surface area (Å²) in [5.41, 5.74) is 0.783. The number of hydrogen-bond donors (Lipinski definition) is 1. The zero-order valence-corrected chi connectivity index (χ0v) is 15.5. The number of aryl methyl sites for hydroxylation is 1. The van der Waals surface area contributed by atoms with E-state index in [1.165, 1.54) is 0 Å². The van der Waals surface area contributed by atoms with Crippen molar-refractivity contribution in [1.82, 2.24) is 9.78 Å². The molecule has 0 saturated heterocycles. The number of carbonyl (C=O) groups is 1. The van der Waals surface area contributed by atoms with Crippen molar-refractivity contribution in [3.63, 3.8) is 0 Å². The zero-order valence-electron chi connectivity index (χ0n) is 13.2. The Bertz CT molecular complexity index is 865. The third-order valence-electron chi connectivity index (χ3n) is 3.37. The van der Waals surface area contributed by atoms with Crippen molar-refractivity contribution in [2.45, 2.75) is 22.8 Å². The summed E-state index contributed by atoms with van der Waals surface area (Å²) in [6, 6.07) is 15.3. The van der Waals surface area contributed by atoms with E-state index in [0.29, 0.717) is 23.0 Å². The lowest BCUT2D eigenvalue weighted by Gasteiger charge is -2.11. The molecule has 0 atom stereocenters. The first-order valence-corrected chi connectivity index (χ1v) is 9.18. The number of carbonyl (C=O) groups excluding carboxylic acids is 1. The highest BCUT2D eigenvalue weighted by Gasteiger charge is 2.09. The average molecular weight is 392 g/mol. The smallest absolute Gasteiger partial charge is 0.226 e. The van der Waals surface area contributed by atoms with Gasteiger partial charge in [0.15, 0.2) is 0 Å². The highest BCUT2D eigenvalue weighted by atomic mass is 35.5. The third kappa shape index (κ3) is 5.26. The van der Waals surface area contributed by atoms with E-state index < -0.39 is 0 Å². The Balaban J connectivity index is 1.63. The van der Waals surface area contributed by atoms with Gasteiger partial charge in [0, 0.05) is 34.0 Å². The van der Waals surface area contributed by atoms with E-state index in [-0.39, 0.29) is 5.91 Å². The minimum absolute atomic E-state index is 0.0734. The number of anilines is 1. The third-order valence-corrected chi connectivity index (χ3v) is 4.90. The molecule has 0 aliphatic carbocycles. The number of nitrogens with zero attached hydrogens (tertiary/aromatic N) is 2. The van der Waals surface area contributed by atoms with Crippen LogP contribution in [-0.4, -0.2) is 15.7 Å². The number of nitrogens with one attached hydrogen (secondary N) is 1. The van der Waals surface area contributed by atoms with Crippen LogP contribution in [0, 0.1) is 0 Å². The number of aromatic nitrogens is 2. The van der Waals surface area contributed by atoms with Crippen molar-refractivity contribution in [1.29, 1.82) is 0 Å². The van der Waals surface area contributed by atoms with Crippen molar-refractivity contribution >= 4 is 46.6 Å². The molecule has 3 rings (SSSR count). The van der Waals surface area contributed by atoms with E-state index in [2.05, 4.69) is 10.4 Å². The molecule has 0 spiro atoms. The van der Waals surface area contributed by atoms with Crippen LogP contribution in [0.1, 0.15) is 6.42 Å². The molecular weight excluding hydrogens is 377 g/mol. The van der Waals surface area contributed by atoms with Gasteiger partial charge in [-0.3, -0.25) is 9.48 Å². The van der Waals surface area contributed by atoms with Crippen LogP contribution in [0.3, 0.4) is 0 Å². The van der Waals surface area contributed by atoms with Crippen molar-refractivity contribution in [2.24, 2.45) is 0 Å². The standard InChI is InChI=1S/C18H15Cl2N3OS/c19-13-5-7-15(8-6-13)25-17-4-2-1-3-16(17)22-18(24)9-10-23-12-14(20)11-21-23/h1-8,11-12H,9-10H2,(H,22,24). The Hall–Kier alpha value is -1.95. The molecular formula is C18H15Cl2N3OS. The summed E-state index contributed by atoms with van der Waals surface area (Å²) in [7, 11) is 0. The zero-order chi connectivity index (χ0) is 17.6. The highest BCUT2D eigenvalue weighted by molar-refractivity contribution is 7.99. The minimum Gasteiger partial charge on any atom is -0.325 e. The van der Waals surface area contributed by atoms with Crippen LogP contribution in [-0.2, 0) is 11.3 Å². The van der Waals surface area contributed by atoms with Gasteiger partial charge in [0.25, 0.3) is 0 Å². The van der Waals surface area contributed by atoms with Crippen LogP contribution in [0.4, 0.5) is 5.69 Å². The summed E-state index contributed by atoms with van der Waals surface area (Å²) in [6.45, 7) is 0.477. The van der Waals surface area contributed by atoms with E-state index in [0.717, 1.165) is 15.5 Å². The van der Waals surface area contributed by atoms with Crippen molar-refractivity contribution in [3.8, 4) is 0 Å². The van der Waals surface area contributed by atoms with E-state index >= 15 is 0 Å². The second-order valence-corrected chi connectivity index (χ2v) is 7.26. The molecule has 1 N–H and O–H groups in total. The molecule has 7 heteroatoms. The lowest BCUT2D eigenvalue weighted by Crippen LogP contribution is -2.15. The Morgan fingerprint density at radius 1 is 1.08 bits per heavy atom. The Morgan fingerprint density at radius 3 is 2.56 bits per heavy atom. The first kappa shape index (κ1) is 17.9. The topological polar surface area (TPSA) is 46.9 Å². The van der Waals surface area contributed by atoms with Crippen LogP contribution in [0.25, 0.3) is 0 Å². The van der Waals surface area contributed by atoms with Gasteiger partial charge >= 0.3 is 0 Å². The van der Waals surface area contributed by atoms with Crippen molar-refractivity contribution in [2.75, 3.05) is 5.32 Å². The van der Waals surface area contributed by atoms with Gasteiger partial charge in [-0.05, 0) is 36.4 Å². The predicted molar refractivity (Wildman–Crippen MR) is 103 cm³/mol. The van der Waals surface area contributed by atoms with Gasteiger partial charge in [-0.1, -0.05) is 47.1 Å². The van der Waals surface area contributed by atoms with Gasteiger partial charge in [-0.15, -0.1) is 0 Å². The molecule has 0 bridgehead atoms. The maximum Gasteiger partial charge on any atom is 0.226 e. The van der Waals surface area contributed by atoms with E-state index in [4.69, 9.17) is 23.2 Å². The fourth-order valence-electron chi connectivity index (χ4n) is 2.18. The molecule has 2 aromatic carbocycles. The SMILES string of the molecule is O=C(CCn1cc(Cl)cn1)Nc1ccccc1Sc1ccc(Cl)cc1. The molecule has 128 valence electrons. The van der Waals surface area contributed by atoms with E-state index in [1.54, 1.807) is 28.8 Å². The summed E-state index contributed by atoms with van der Waals surface area (Å²) >= 11 is 13.3. The molecule has 3 aromatic rings. The first-order chi connectivity index (χ1) is 12.1. The summed E-state index contributed by atoms with van der Waals surface area (Å²) in [5, 5.41) is 8.28. The normalized spacial score (nSPS) is 10.6. The molecule has 0 unspecified atom stereocenters. The van der Waals surface area contributed by atoms with Gasteiger partial charge in [0.05, 0.1) is 16.9 Å². The van der Waals surface area contributed by atoms with Gasteiger partial charge in [0.1, 0.15) is 0 Å². The lowest BCUT2D eigenvalue weighted by molar-refractivity contribution is -0.116. The molecule has 0 aliphatic rings. The fourth-order valence-corrected chi connectivity index (χ4v) is 3.36. The minimum atomic E-state index is -0.0734. The summed E-state index contributed by atoms with van der Waals surface area (Å²) in [4.78, 5) is 14.3. The maximum absolute atomic E-state index is 12.2. The van der Waals surface area contributed by atoms with Gasteiger partial charge in [0.2, 0.25) is 5.91 Å². The molecule has 4 nitrogen and oxygen atoms in total. The number of amides is 1. The van der Waals surface area contributed by atoms with Gasteiger partial charge in [-0.25, -0.2) is 0 Å². The second kappa shape index (κ2) is 8.43. The number of hydrogen-bond acceptors (Lipinski definition) is 3. The van der Waals surface area contributed by atoms with Gasteiger partial charge < -0.3 is 5.32 Å². The molecule has 1 amide bonds. The summed E-state index contributed by atoms with van der Waals surface area (Å²) in [5.74, 6) is -0.0734. The predicted octanol–water partition coefficient (Wildman–Crippen LogP) is 5.37. The van der Waals surface area contributed by atoms with Crippen LogP contribution in [0.5, 0.6) is 0 Å². The summed E-state index contributed by atoms with van der Waals surface area (Å²) < 4.78 is 1.65. The number of benzene rings is 2. The van der Waals surface area contributed by atoms with Crippen LogP contribution in [0.2, 0.25) is 10.0 Å². The molecule has 0 saturated carbocycles. The van der Waals surface area contributed by atoms with Crippen LogP contribution < -0.4 is 5.32 Å². The fraction of sp³-hybridized carbons (Fsp3) is 0.111.